The zero-order chi connectivity index (χ0) is 8.10. The highest BCUT2D eigenvalue weighted by atomic mass is 16.1. The molecule has 0 unspecified atom stereocenters. The van der Waals surface area contributed by atoms with E-state index in [1.165, 1.54) is 0 Å². The van der Waals surface area contributed by atoms with E-state index >= 15 is 0 Å². The van der Waals surface area contributed by atoms with Crippen molar-refractivity contribution in [2.75, 3.05) is 0 Å². The van der Waals surface area contributed by atoms with Crippen molar-refractivity contribution in [1.29, 1.82) is 0 Å². The number of hydrogen-bond donors (Lipinski definition) is 0. The molecular weight excluding hydrogens is 138 g/mol. The smallest absolute Gasteiger partial charge is 0.151 e. The molecule has 0 amide bonds. The van der Waals surface area contributed by atoms with Crippen molar-refractivity contribution < 1.29 is 4.79 Å². The Morgan fingerprint density at radius 1 is 1.64 bits per heavy atom. The van der Waals surface area contributed by atoms with Gasteiger partial charge >= 0.3 is 0 Å². The number of carbonyl (C=O) groups excluding carboxylic acids is 1. The summed E-state index contributed by atoms with van der Waals surface area (Å²) in [6.45, 7) is 2.09. The number of hydrogen-bond acceptors (Lipinski definition) is 2. The summed E-state index contributed by atoms with van der Waals surface area (Å²) in [6.07, 6.45) is 6.20. The third-order valence-electron chi connectivity index (χ3n) is 1.59. The van der Waals surface area contributed by atoms with Crippen LogP contribution < -0.4 is 0 Å². The number of aldehydes is 1. The molecule has 0 aliphatic rings. The molecule has 0 spiro atoms. The van der Waals surface area contributed by atoms with Gasteiger partial charge in [-0.1, -0.05) is 13.3 Å². The van der Waals surface area contributed by atoms with Crippen molar-refractivity contribution in [2.24, 2.45) is 0 Å². The molecule has 1 rings (SSSR count). The molecule has 58 valence electrons. The Morgan fingerprint density at radius 2 is 2.45 bits per heavy atom. The highest BCUT2D eigenvalue weighted by Gasteiger charge is 1.97. The van der Waals surface area contributed by atoms with Gasteiger partial charge < -0.3 is 0 Å². The Bertz CT molecular complexity index is 245. The zero-order valence-corrected chi connectivity index (χ0v) is 6.58. The molecule has 0 atom stereocenters. The molecule has 0 saturated carbocycles. The molecule has 0 bridgehead atoms. The average molecular weight is 149 g/mol. The summed E-state index contributed by atoms with van der Waals surface area (Å²) in [6, 6.07) is 1.90. The summed E-state index contributed by atoms with van der Waals surface area (Å²) in [5.41, 5.74) is 1.81. The minimum atomic E-state index is 0.717. The predicted molar refractivity (Wildman–Crippen MR) is 43.6 cm³/mol. The van der Waals surface area contributed by atoms with Gasteiger partial charge in [-0.2, -0.15) is 0 Å². The minimum Gasteiger partial charge on any atom is -0.298 e. The molecule has 1 aromatic rings. The lowest BCUT2D eigenvalue weighted by molar-refractivity contribution is 0.112. The Labute approximate surface area is 66.3 Å². The second kappa shape index (κ2) is 3.86. The number of carbonyl (C=O) groups is 1. The summed E-state index contributed by atoms with van der Waals surface area (Å²) in [4.78, 5) is 14.3. The van der Waals surface area contributed by atoms with E-state index in [0.717, 1.165) is 24.7 Å². The van der Waals surface area contributed by atoms with Crippen LogP contribution in [0.3, 0.4) is 0 Å². The minimum absolute atomic E-state index is 0.717. The molecule has 0 saturated heterocycles. The molecule has 0 radical (unpaired) electrons. The summed E-state index contributed by atoms with van der Waals surface area (Å²) < 4.78 is 0. The van der Waals surface area contributed by atoms with Crippen LogP contribution in [0.5, 0.6) is 0 Å². The summed E-state index contributed by atoms with van der Waals surface area (Å²) in [5, 5.41) is 0. The lowest BCUT2D eigenvalue weighted by Crippen LogP contribution is -1.92. The van der Waals surface area contributed by atoms with Gasteiger partial charge in [0.25, 0.3) is 0 Å². The molecule has 0 aromatic carbocycles. The van der Waals surface area contributed by atoms with Gasteiger partial charge in [0, 0.05) is 18.0 Å². The fraction of sp³-hybridized carbons (Fsp3) is 0.333. The van der Waals surface area contributed by atoms with E-state index < -0.39 is 0 Å². The quantitative estimate of drug-likeness (QED) is 0.614. The van der Waals surface area contributed by atoms with E-state index in [-0.39, 0.29) is 0 Å². The van der Waals surface area contributed by atoms with Crippen LogP contribution in [-0.4, -0.2) is 11.3 Å². The average Bonchev–Trinajstić information content (AvgIpc) is 2.06. The van der Waals surface area contributed by atoms with Gasteiger partial charge in [-0.3, -0.25) is 9.78 Å². The molecule has 2 heteroatoms. The first-order chi connectivity index (χ1) is 5.38. The number of pyridine rings is 1. The van der Waals surface area contributed by atoms with Crippen LogP contribution in [0.4, 0.5) is 0 Å². The van der Waals surface area contributed by atoms with Crippen molar-refractivity contribution in [3.8, 4) is 0 Å². The third-order valence-corrected chi connectivity index (χ3v) is 1.59. The van der Waals surface area contributed by atoms with E-state index in [1.807, 2.05) is 6.07 Å². The van der Waals surface area contributed by atoms with E-state index in [1.54, 1.807) is 12.4 Å². The lowest BCUT2D eigenvalue weighted by atomic mass is 10.1. The first kappa shape index (κ1) is 7.92. The summed E-state index contributed by atoms with van der Waals surface area (Å²) in [5.74, 6) is 0. The number of aryl methyl sites for hydroxylation is 1. The Kier molecular flexibility index (Phi) is 2.78. The second-order valence-electron chi connectivity index (χ2n) is 2.44. The molecule has 0 aliphatic carbocycles. The van der Waals surface area contributed by atoms with Gasteiger partial charge in [-0.25, -0.2) is 0 Å². The van der Waals surface area contributed by atoms with E-state index in [0.29, 0.717) is 5.56 Å². The van der Waals surface area contributed by atoms with Crippen molar-refractivity contribution in [2.45, 2.75) is 19.8 Å². The zero-order valence-electron chi connectivity index (χ0n) is 6.58. The van der Waals surface area contributed by atoms with Crippen LogP contribution in [0.1, 0.15) is 29.3 Å². The molecule has 2 nitrogen and oxygen atoms in total. The van der Waals surface area contributed by atoms with Gasteiger partial charge in [0.1, 0.15) is 0 Å². The first-order valence-corrected chi connectivity index (χ1v) is 3.76. The maximum absolute atomic E-state index is 10.5. The lowest BCUT2D eigenvalue weighted by Gasteiger charge is -1.99. The van der Waals surface area contributed by atoms with Gasteiger partial charge in [0.2, 0.25) is 0 Å². The number of nitrogens with zero attached hydrogens (tertiary/aromatic N) is 1. The molecule has 1 aromatic heterocycles. The van der Waals surface area contributed by atoms with Crippen LogP contribution in [0, 0.1) is 0 Å². The van der Waals surface area contributed by atoms with Crippen LogP contribution in [0.2, 0.25) is 0 Å². The van der Waals surface area contributed by atoms with Crippen molar-refractivity contribution in [1.82, 2.24) is 4.98 Å². The second-order valence-corrected chi connectivity index (χ2v) is 2.44. The molecular formula is C9H11NO. The molecule has 0 aliphatic heterocycles. The van der Waals surface area contributed by atoms with Gasteiger partial charge in [-0.05, 0) is 18.1 Å². The molecule has 0 fully saturated rings. The Morgan fingerprint density at radius 3 is 3.09 bits per heavy atom. The summed E-state index contributed by atoms with van der Waals surface area (Å²) in [7, 11) is 0. The van der Waals surface area contributed by atoms with Crippen molar-refractivity contribution in [3.63, 3.8) is 0 Å². The van der Waals surface area contributed by atoms with Crippen LogP contribution in [0.25, 0.3) is 0 Å². The number of aromatic nitrogens is 1. The van der Waals surface area contributed by atoms with Crippen LogP contribution in [0.15, 0.2) is 18.5 Å². The Hall–Kier alpha value is -1.18. The maximum Gasteiger partial charge on any atom is 0.151 e. The molecule has 1 heterocycles. The maximum atomic E-state index is 10.5. The monoisotopic (exact) mass is 149 g/mol. The SMILES string of the molecule is CCCc1ccncc1C=O. The van der Waals surface area contributed by atoms with Gasteiger partial charge in [-0.15, -0.1) is 0 Å². The van der Waals surface area contributed by atoms with Gasteiger partial charge in [0.15, 0.2) is 6.29 Å². The first-order valence-electron chi connectivity index (χ1n) is 3.76. The largest absolute Gasteiger partial charge is 0.298 e. The molecule has 11 heavy (non-hydrogen) atoms. The van der Waals surface area contributed by atoms with E-state index in [9.17, 15) is 4.79 Å². The topological polar surface area (TPSA) is 30.0 Å². The van der Waals surface area contributed by atoms with Crippen LogP contribution in [-0.2, 0) is 6.42 Å². The van der Waals surface area contributed by atoms with E-state index in [2.05, 4.69) is 11.9 Å². The van der Waals surface area contributed by atoms with Crippen LogP contribution >= 0.6 is 0 Å². The van der Waals surface area contributed by atoms with Crippen molar-refractivity contribution in [3.05, 3.63) is 29.6 Å². The van der Waals surface area contributed by atoms with Gasteiger partial charge in [0.05, 0.1) is 0 Å². The highest BCUT2D eigenvalue weighted by Crippen LogP contribution is 2.06. The highest BCUT2D eigenvalue weighted by molar-refractivity contribution is 5.76. The Balaban J connectivity index is 2.92. The molecule has 0 N–H and O–H groups in total. The predicted octanol–water partition coefficient (Wildman–Crippen LogP) is 1.85. The normalized spacial score (nSPS) is 9.55. The summed E-state index contributed by atoms with van der Waals surface area (Å²) >= 11 is 0. The number of rotatable bonds is 3. The van der Waals surface area contributed by atoms with Crippen molar-refractivity contribution >= 4 is 6.29 Å². The fourth-order valence-corrected chi connectivity index (χ4v) is 1.04. The fourth-order valence-electron chi connectivity index (χ4n) is 1.04. The van der Waals surface area contributed by atoms with E-state index in [4.69, 9.17) is 0 Å². The standard InChI is InChI=1S/C9H11NO/c1-2-3-8-4-5-10-6-9(8)7-11/h4-7H,2-3H2,1H3. The third kappa shape index (κ3) is 1.87.